The van der Waals surface area contributed by atoms with Crippen molar-refractivity contribution in [2.45, 2.75) is 18.3 Å². The minimum absolute atomic E-state index is 0.180. The Bertz CT molecular complexity index is 816. The fourth-order valence-corrected chi connectivity index (χ4v) is 2.89. The number of epoxide rings is 2. The smallest absolute Gasteiger partial charge is 0.145 e. The monoisotopic (exact) mass is 396 g/mol. The van der Waals surface area contributed by atoms with E-state index < -0.39 is 0 Å². The van der Waals surface area contributed by atoms with Gasteiger partial charge in [-0.2, -0.15) is 0 Å². The third-order valence-electron chi connectivity index (χ3n) is 4.84. The predicted molar refractivity (Wildman–Crippen MR) is 108 cm³/mol. The molecule has 3 saturated heterocycles. The second kappa shape index (κ2) is 8.45. The predicted octanol–water partition coefficient (Wildman–Crippen LogP) is 3.19. The van der Waals surface area contributed by atoms with Gasteiger partial charge in [-0.25, -0.2) is 0 Å². The topological polar surface area (TPSA) is 62.0 Å². The van der Waals surface area contributed by atoms with Gasteiger partial charge in [-0.05, 0) is 35.4 Å². The maximum absolute atomic E-state index is 5.86. The highest BCUT2D eigenvalue weighted by molar-refractivity contribution is 5.71. The Kier molecular flexibility index (Phi) is 5.39. The molecule has 3 aliphatic rings. The number of hydrogen-bond acceptors (Lipinski definition) is 6. The molecule has 0 aliphatic carbocycles. The number of ether oxygens (including phenoxy) is 6. The van der Waals surface area contributed by atoms with Crippen molar-refractivity contribution in [3.8, 4) is 17.2 Å². The SMILES string of the molecule is C(=C\c1cc(OCC2CO2)cc(OCC2CO2)c1)/c1ccc(OC2COC2)cc1. The summed E-state index contributed by atoms with van der Waals surface area (Å²) in [5, 5.41) is 0. The molecule has 0 bridgehead atoms. The molecule has 6 nitrogen and oxygen atoms in total. The first-order valence-corrected chi connectivity index (χ1v) is 9.97. The van der Waals surface area contributed by atoms with Crippen molar-refractivity contribution >= 4 is 12.2 Å². The summed E-state index contributed by atoms with van der Waals surface area (Å²) in [7, 11) is 0. The zero-order chi connectivity index (χ0) is 19.5. The van der Waals surface area contributed by atoms with Gasteiger partial charge in [0.15, 0.2) is 0 Å². The summed E-state index contributed by atoms with van der Waals surface area (Å²) in [4.78, 5) is 0. The highest BCUT2D eigenvalue weighted by atomic mass is 16.6. The third kappa shape index (κ3) is 5.50. The lowest BCUT2D eigenvalue weighted by atomic mass is 10.1. The highest BCUT2D eigenvalue weighted by Crippen LogP contribution is 2.27. The largest absolute Gasteiger partial charge is 0.491 e. The van der Waals surface area contributed by atoms with Gasteiger partial charge in [-0.15, -0.1) is 0 Å². The van der Waals surface area contributed by atoms with Crippen molar-refractivity contribution in [2.24, 2.45) is 0 Å². The molecule has 2 atom stereocenters. The van der Waals surface area contributed by atoms with E-state index in [1.165, 1.54) is 0 Å². The van der Waals surface area contributed by atoms with E-state index >= 15 is 0 Å². The molecular formula is C23H24O6. The van der Waals surface area contributed by atoms with Crippen LogP contribution in [0.25, 0.3) is 12.2 Å². The van der Waals surface area contributed by atoms with E-state index in [2.05, 4.69) is 12.2 Å². The van der Waals surface area contributed by atoms with Gasteiger partial charge >= 0.3 is 0 Å². The normalized spacial score (nSPS) is 22.9. The molecule has 3 heterocycles. The van der Waals surface area contributed by atoms with Crippen LogP contribution in [-0.4, -0.2) is 58.0 Å². The van der Waals surface area contributed by atoms with Gasteiger partial charge in [0, 0.05) is 6.07 Å². The molecule has 0 spiro atoms. The third-order valence-corrected chi connectivity index (χ3v) is 4.84. The summed E-state index contributed by atoms with van der Waals surface area (Å²) in [5.74, 6) is 2.42. The lowest BCUT2D eigenvalue weighted by Crippen LogP contribution is -2.38. The fourth-order valence-electron chi connectivity index (χ4n) is 2.89. The van der Waals surface area contributed by atoms with Crippen LogP contribution in [0.5, 0.6) is 17.2 Å². The average Bonchev–Trinajstić information content (AvgIpc) is 3.61. The Morgan fingerprint density at radius 2 is 1.31 bits per heavy atom. The van der Waals surface area contributed by atoms with Crippen LogP contribution in [0.3, 0.4) is 0 Å². The molecule has 0 radical (unpaired) electrons. The quantitative estimate of drug-likeness (QED) is 0.454. The molecule has 2 aromatic rings. The Morgan fingerprint density at radius 1 is 0.724 bits per heavy atom. The van der Waals surface area contributed by atoms with Crippen molar-refractivity contribution in [2.75, 3.05) is 39.6 Å². The maximum atomic E-state index is 5.86. The molecule has 0 saturated carbocycles. The van der Waals surface area contributed by atoms with Crippen LogP contribution < -0.4 is 14.2 Å². The van der Waals surface area contributed by atoms with E-state index in [0.717, 1.165) is 41.6 Å². The average molecular weight is 396 g/mol. The molecule has 2 aromatic carbocycles. The molecule has 2 unspecified atom stereocenters. The maximum Gasteiger partial charge on any atom is 0.145 e. The molecule has 5 rings (SSSR count). The minimum Gasteiger partial charge on any atom is -0.491 e. The van der Waals surface area contributed by atoms with Gasteiger partial charge in [0.25, 0.3) is 0 Å². The second-order valence-corrected chi connectivity index (χ2v) is 7.45. The summed E-state index contributed by atoms with van der Waals surface area (Å²) in [6.07, 6.45) is 4.72. The Labute approximate surface area is 169 Å². The van der Waals surface area contributed by atoms with Crippen LogP contribution >= 0.6 is 0 Å². The van der Waals surface area contributed by atoms with E-state index in [9.17, 15) is 0 Å². The van der Waals surface area contributed by atoms with Crippen molar-refractivity contribution < 1.29 is 28.4 Å². The van der Waals surface area contributed by atoms with Gasteiger partial charge < -0.3 is 28.4 Å². The molecule has 0 N–H and O–H groups in total. The summed E-state index contributed by atoms with van der Waals surface area (Å²) < 4.78 is 33.1. The van der Waals surface area contributed by atoms with E-state index in [1.54, 1.807) is 0 Å². The van der Waals surface area contributed by atoms with E-state index in [1.807, 2.05) is 42.5 Å². The summed E-state index contributed by atoms with van der Waals surface area (Å²) in [5.41, 5.74) is 2.10. The minimum atomic E-state index is 0.180. The van der Waals surface area contributed by atoms with E-state index in [4.69, 9.17) is 28.4 Å². The second-order valence-electron chi connectivity index (χ2n) is 7.45. The van der Waals surface area contributed by atoms with Crippen LogP contribution in [-0.2, 0) is 14.2 Å². The van der Waals surface area contributed by atoms with Crippen LogP contribution in [0.2, 0.25) is 0 Å². The van der Waals surface area contributed by atoms with Gasteiger partial charge in [-0.3, -0.25) is 0 Å². The number of hydrogen-bond donors (Lipinski definition) is 0. The molecule has 0 amide bonds. The highest BCUT2D eigenvalue weighted by Gasteiger charge is 2.24. The fraction of sp³-hybridized carbons (Fsp3) is 0.391. The molecule has 3 fully saturated rings. The molecule has 3 aliphatic heterocycles. The molecule has 0 aromatic heterocycles. The lowest BCUT2D eigenvalue weighted by molar-refractivity contribution is -0.0796. The van der Waals surface area contributed by atoms with Crippen LogP contribution in [0, 0.1) is 0 Å². The molecule has 152 valence electrons. The van der Waals surface area contributed by atoms with Gasteiger partial charge in [0.2, 0.25) is 0 Å². The zero-order valence-electron chi connectivity index (χ0n) is 16.1. The first kappa shape index (κ1) is 18.5. The van der Waals surface area contributed by atoms with Crippen LogP contribution in [0.4, 0.5) is 0 Å². The van der Waals surface area contributed by atoms with Gasteiger partial charge in [0.05, 0.1) is 26.4 Å². The summed E-state index contributed by atoms with van der Waals surface area (Å²) in [6, 6.07) is 14.0. The van der Waals surface area contributed by atoms with Crippen molar-refractivity contribution in [1.82, 2.24) is 0 Å². The first-order chi connectivity index (χ1) is 14.3. The Hall–Kier alpha value is -2.54. The van der Waals surface area contributed by atoms with Crippen molar-refractivity contribution in [3.63, 3.8) is 0 Å². The van der Waals surface area contributed by atoms with E-state index in [-0.39, 0.29) is 18.3 Å². The van der Waals surface area contributed by atoms with Crippen LogP contribution in [0.15, 0.2) is 42.5 Å². The molecular weight excluding hydrogens is 372 g/mol. The first-order valence-electron chi connectivity index (χ1n) is 9.97. The Morgan fingerprint density at radius 3 is 1.83 bits per heavy atom. The van der Waals surface area contributed by atoms with Gasteiger partial charge in [-0.1, -0.05) is 24.3 Å². The summed E-state index contributed by atoms with van der Waals surface area (Å²) in [6.45, 7) is 4.01. The van der Waals surface area contributed by atoms with Crippen molar-refractivity contribution in [1.29, 1.82) is 0 Å². The lowest BCUT2D eigenvalue weighted by Gasteiger charge is -2.26. The van der Waals surface area contributed by atoms with Gasteiger partial charge in [0.1, 0.15) is 48.8 Å². The zero-order valence-corrected chi connectivity index (χ0v) is 16.1. The summed E-state index contributed by atoms with van der Waals surface area (Å²) >= 11 is 0. The Balaban J connectivity index is 1.25. The molecule has 6 heteroatoms. The standard InChI is InChI=1S/C23H24O6/c1(16-3-5-18(6-4-16)29-23-10-24-11-23)2-17-7-19(25-12-21-14-27-21)9-20(8-17)26-13-22-15-28-22/h1-9,21-23H,10-15H2/b2-1+. The number of benzene rings is 2. The van der Waals surface area contributed by atoms with E-state index in [0.29, 0.717) is 26.4 Å². The molecule has 29 heavy (non-hydrogen) atoms. The number of rotatable bonds is 10. The van der Waals surface area contributed by atoms with Crippen molar-refractivity contribution in [3.05, 3.63) is 53.6 Å². The van der Waals surface area contributed by atoms with Crippen LogP contribution in [0.1, 0.15) is 11.1 Å².